The molecule has 17 heavy (non-hydrogen) atoms. The summed E-state index contributed by atoms with van der Waals surface area (Å²) in [6.45, 7) is 3.52. The van der Waals surface area contributed by atoms with Crippen molar-refractivity contribution in [3.8, 4) is 0 Å². The van der Waals surface area contributed by atoms with Gasteiger partial charge in [-0.1, -0.05) is 24.3 Å². The monoisotopic (exact) mass is 231 g/mol. The Morgan fingerprint density at radius 1 is 1.41 bits per heavy atom. The molecular weight excluding hydrogens is 210 g/mol. The molecule has 1 fully saturated rings. The molecule has 1 saturated carbocycles. The maximum absolute atomic E-state index is 6.26. The van der Waals surface area contributed by atoms with Crippen LogP contribution in [0.3, 0.4) is 0 Å². The van der Waals surface area contributed by atoms with Crippen molar-refractivity contribution in [1.82, 2.24) is 0 Å². The third-order valence-corrected chi connectivity index (χ3v) is 4.40. The van der Waals surface area contributed by atoms with Crippen molar-refractivity contribution in [3.63, 3.8) is 0 Å². The van der Waals surface area contributed by atoms with Gasteiger partial charge in [-0.25, -0.2) is 0 Å². The van der Waals surface area contributed by atoms with Crippen LogP contribution in [0.2, 0.25) is 0 Å². The summed E-state index contributed by atoms with van der Waals surface area (Å²) in [5, 5.41) is 0. The number of ether oxygens (including phenoxy) is 1. The van der Waals surface area contributed by atoms with Crippen LogP contribution in [0, 0.1) is 11.8 Å². The van der Waals surface area contributed by atoms with Crippen LogP contribution in [0.4, 0.5) is 0 Å². The van der Waals surface area contributed by atoms with Crippen molar-refractivity contribution >= 4 is 0 Å². The lowest BCUT2D eigenvalue weighted by Gasteiger charge is -2.13. The first-order valence-corrected chi connectivity index (χ1v) is 6.74. The van der Waals surface area contributed by atoms with Crippen molar-refractivity contribution < 1.29 is 4.74 Å². The molecule has 2 nitrogen and oxygen atoms in total. The normalized spacial score (nSPS) is 31.5. The third-order valence-electron chi connectivity index (χ3n) is 4.40. The zero-order chi connectivity index (χ0) is 11.8. The summed E-state index contributed by atoms with van der Waals surface area (Å²) >= 11 is 0. The second kappa shape index (κ2) is 4.43. The fourth-order valence-electron chi connectivity index (χ4n) is 3.57. The highest BCUT2D eigenvalue weighted by molar-refractivity contribution is 5.39. The van der Waals surface area contributed by atoms with Gasteiger partial charge in [-0.05, 0) is 48.6 Å². The van der Waals surface area contributed by atoms with E-state index in [0.29, 0.717) is 5.92 Å². The maximum atomic E-state index is 6.26. The molecular formula is C15H21NO. The van der Waals surface area contributed by atoms with E-state index in [1.807, 2.05) is 6.92 Å². The van der Waals surface area contributed by atoms with Gasteiger partial charge in [0.25, 0.3) is 0 Å². The Balaban J connectivity index is 1.73. The van der Waals surface area contributed by atoms with E-state index in [2.05, 4.69) is 24.3 Å². The standard InChI is InChI=1S/C15H21NO/c1-2-17-9-13(16)15-12-8-7-10-5-3-4-6-11(10)14(12)15/h3-6,12-15H,2,7-9,16H2,1H3. The van der Waals surface area contributed by atoms with E-state index < -0.39 is 0 Å². The van der Waals surface area contributed by atoms with Gasteiger partial charge in [-0.15, -0.1) is 0 Å². The Morgan fingerprint density at radius 3 is 3.06 bits per heavy atom. The molecule has 0 saturated heterocycles. The van der Waals surface area contributed by atoms with Crippen LogP contribution < -0.4 is 5.73 Å². The van der Waals surface area contributed by atoms with E-state index in [1.54, 1.807) is 11.1 Å². The Morgan fingerprint density at radius 2 is 2.24 bits per heavy atom. The first-order valence-electron chi connectivity index (χ1n) is 6.74. The van der Waals surface area contributed by atoms with Crippen molar-refractivity contribution in [1.29, 1.82) is 0 Å². The number of benzene rings is 1. The first-order chi connectivity index (χ1) is 8.33. The SMILES string of the molecule is CCOCC(N)C1C2CCc3ccccc3C21. The predicted molar refractivity (Wildman–Crippen MR) is 69.0 cm³/mol. The topological polar surface area (TPSA) is 35.2 Å². The van der Waals surface area contributed by atoms with Gasteiger partial charge >= 0.3 is 0 Å². The maximum Gasteiger partial charge on any atom is 0.0620 e. The summed E-state index contributed by atoms with van der Waals surface area (Å²) in [5.74, 6) is 2.20. The second-order valence-corrected chi connectivity index (χ2v) is 5.33. The zero-order valence-corrected chi connectivity index (χ0v) is 10.4. The molecule has 0 heterocycles. The van der Waals surface area contributed by atoms with E-state index in [4.69, 9.17) is 10.5 Å². The highest BCUT2D eigenvalue weighted by Gasteiger charge is 2.55. The average Bonchev–Trinajstić information content (AvgIpc) is 3.11. The van der Waals surface area contributed by atoms with Crippen LogP contribution in [-0.4, -0.2) is 19.3 Å². The number of rotatable bonds is 4. The molecule has 0 bridgehead atoms. The van der Waals surface area contributed by atoms with Gasteiger partial charge in [-0.3, -0.25) is 0 Å². The number of hydrogen-bond acceptors (Lipinski definition) is 2. The van der Waals surface area contributed by atoms with Crippen LogP contribution in [0.25, 0.3) is 0 Å². The van der Waals surface area contributed by atoms with Crippen LogP contribution in [0.1, 0.15) is 30.4 Å². The van der Waals surface area contributed by atoms with E-state index in [9.17, 15) is 0 Å². The van der Waals surface area contributed by atoms with Crippen molar-refractivity contribution in [3.05, 3.63) is 35.4 Å². The second-order valence-electron chi connectivity index (χ2n) is 5.33. The predicted octanol–water partition coefficient (Wildman–Crippen LogP) is 2.33. The number of fused-ring (bicyclic) bond motifs is 3. The number of nitrogens with two attached hydrogens (primary N) is 1. The molecule has 2 aliphatic rings. The van der Waals surface area contributed by atoms with Gasteiger partial charge in [0.15, 0.2) is 0 Å². The van der Waals surface area contributed by atoms with Gasteiger partial charge in [-0.2, -0.15) is 0 Å². The van der Waals surface area contributed by atoms with Gasteiger partial charge in [0, 0.05) is 12.6 Å². The summed E-state index contributed by atoms with van der Waals surface area (Å²) in [4.78, 5) is 0. The Hall–Kier alpha value is -0.860. The quantitative estimate of drug-likeness (QED) is 0.863. The molecule has 1 aromatic carbocycles. The van der Waals surface area contributed by atoms with E-state index in [1.165, 1.54) is 12.8 Å². The summed E-state index contributed by atoms with van der Waals surface area (Å²) < 4.78 is 5.47. The summed E-state index contributed by atoms with van der Waals surface area (Å²) in [7, 11) is 0. The van der Waals surface area contributed by atoms with Crippen molar-refractivity contribution in [2.24, 2.45) is 17.6 Å². The Kier molecular flexibility index (Phi) is 2.93. The summed E-state index contributed by atoms with van der Waals surface area (Å²) in [6.07, 6.45) is 2.54. The molecule has 0 spiro atoms. The van der Waals surface area contributed by atoms with Crippen molar-refractivity contribution in [2.75, 3.05) is 13.2 Å². The van der Waals surface area contributed by atoms with Gasteiger partial charge in [0.1, 0.15) is 0 Å². The Labute approximate surface area is 103 Å². The van der Waals surface area contributed by atoms with E-state index in [0.717, 1.165) is 25.0 Å². The summed E-state index contributed by atoms with van der Waals surface area (Å²) in [5.41, 5.74) is 9.35. The zero-order valence-electron chi connectivity index (χ0n) is 10.4. The molecule has 0 aromatic heterocycles. The molecule has 0 aliphatic heterocycles. The number of aryl methyl sites for hydroxylation is 1. The van der Waals surface area contributed by atoms with Gasteiger partial charge < -0.3 is 10.5 Å². The molecule has 2 heteroatoms. The lowest BCUT2D eigenvalue weighted by Crippen LogP contribution is -2.29. The molecule has 92 valence electrons. The van der Waals surface area contributed by atoms with Crippen LogP contribution in [0.5, 0.6) is 0 Å². The average molecular weight is 231 g/mol. The van der Waals surface area contributed by atoms with E-state index >= 15 is 0 Å². The van der Waals surface area contributed by atoms with Crippen LogP contribution >= 0.6 is 0 Å². The van der Waals surface area contributed by atoms with Crippen LogP contribution in [0.15, 0.2) is 24.3 Å². The minimum Gasteiger partial charge on any atom is -0.380 e. The van der Waals surface area contributed by atoms with Crippen molar-refractivity contribution in [2.45, 2.75) is 31.7 Å². The minimum absolute atomic E-state index is 0.219. The molecule has 1 aromatic rings. The molecule has 4 atom stereocenters. The highest BCUT2D eigenvalue weighted by Crippen LogP contribution is 2.60. The van der Waals surface area contributed by atoms with Gasteiger partial charge in [0.2, 0.25) is 0 Å². The lowest BCUT2D eigenvalue weighted by atomic mass is 9.92. The molecule has 2 aliphatic carbocycles. The lowest BCUT2D eigenvalue weighted by molar-refractivity contribution is 0.126. The summed E-state index contributed by atoms with van der Waals surface area (Å²) in [6, 6.07) is 9.09. The first kappa shape index (κ1) is 11.2. The molecule has 3 rings (SSSR count). The molecule has 4 unspecified atom stereocenters. The van der Waals surface area contributed by atoms with Crippen LogP contribution in [-0.2, 0) is 11.2 Å². The fourth-order valence-corrected chi connectivity index (χ4v) is 3.57. The fraction of sp³-hybridized carbons (Fsp3) is 0.600. The number of hydrogen-bond donors (Lipinski definition) is 1. The third kappa shape index (κ3) is 1.90. The smallest absolute Gasteiger partial charge is 0.0620 e. The Bertz CT molecular complexity index is 404. The van der Waals surface area contributed by atoms with E-state index in [-0.39, 0.29) is 6.04 Å². The molecule has 2 N–H and O–H groups in total. The largest absolute Gasteiger partial charge is 0.380 e. The van der Waals surface area contributed by atoms with Gasteiger partial charge in [0.05, 0.1) is 6.61 Å². The molecule has 0 amide bonds. The minimum atomic E-state index is 0.219. The highest BCUT2D eigenvalue weighted by atomic mass is 16.5. The molecule has 0 radical (unpaired) electrons.